The normalized spacial score (nSPS) is 11.4. The Morgan fingerprint density at radius 3 is 2.35 bits per heavy atom. The van der Waals surface area contributed by atoms with Crippen LogP contribution in [-0.2, 0) is 26.2 Å². The highest BCUT2D eigenvalue weighted by molar-refractivity contribution is 7.89. The van der Waals surface area contributed by atoms with E-state index in [4.69, 9.17) is 27.9 Å². The van der Waals surface area contributed by atoms with Crippen LogP contribution in [0, 0.1) is 13.8 Å². The van der Waals surface area contributed by atoms with Gasteiger partial charge in [-0.15, -0.1) is 0 Å². The molecule has 0 heterocycles. The molecule has 5 nitrogen and oxygen atoms in total. The van der Waals surface area contributed by atoms with Gasteiger partial charge in [-0.25, -0.2) is 13.1 Å². The highest BCUT2D eigenvalue weighted by atomic mass is 35.5. The maximum atomic E-state index is 12.2. The van der Waals surface area contributed by atoms with Gasteiger partial charge >= 0.3 is 5.97 Å². The predicted molar refractivity (Wildman–Crippen MR) is 102 cm³/mol. The Hall–Kier alpha value is -1.60. The lowest BCUT2D eigenvalue weighted by atomic mass is 10.1. The smallest absolute Gasteiger partial charge is 0.307 e. The molecular weight excluding hydrogens is 397 g/mol. The fourth-order valence-corrected chi connectivity index (χ4v) is 3.77. The average molecular weight is 416 g/mol. The second-order valence-corrected chi connectivity index (χ2v) is 8.34. The van der Waals surface area contributed by atoms with E-state index in [0.717, 1.165) is 11.1 Å². The van der Waals surface area contributed by atoms with Crippen molar-refractivity contribution >= 4 is 39.2 Å². The predicted octanol–water partition coefficient (Wildman–Crippen LogP) is 4.02. The van der Waals surface area contributed by atoms with Gasteiger partial charge in [0.15, 0.2) is 0 Å². The number of ether oxygens (including phenoxy) is 1. The van der Waals surface area contributed by atoms with Crippen LogP contribution in [0.3, 0.4) is 0 Å². The standard InChI is InChI=1S/C18H19Cl2NO4S/c1-12-6-7-14(10-13(12)2)26(23,24)21-9-8-18(22)25-11-15-16(19)4-3-5-17(15)20/h3-7,10,21H,8-9,11H2,1-2H3. The molecule has 26 heavy (non-hydrogen) atoms. The fourth-order valence-electron chi connectivity index (χ4n) is 2.15. The molecule has 0 aliphatic rings. The van der Waals surface area contributed by atoms with Crippen LogP contribution in [0.1, 0.15) is 23.1 Å². The Balaban J connectivity index is 1.86. The van der Waals surface area contributed by atoms with Crippen LogP contribution in [0.2, 0.25) is 10.0 Å². The molecule has 0 radical (unpaired) electrons. The summed E-state index contributed by atoms with van der Waals surface area (Å²) in [5.74, 6) is -0.552. The van der Waals surface area contributed by atoms with Crippen LogP contribution in [0.4, 0.5) is 0 Å². The van der Waals surface area contributed by atoms with Gasteiger partial charge in [-0.1, -0.05) is 35.3 Å². The first-order valence-corrected chi connectivity index (χ1v) is 10.1. The minimum Gasteiger partial charge on any atom is -0.461 e. The van der Waals surface area contributed by atoms with Crippen molar-refractivity contribution in [3.63, 3.8) is 0 Å². The highest BCUT2D eigenvalue weighted by Gasteiger charge is 2.15. The number of rotatable bonds is 7. The van der Waals surface area contributed by atoms with E-state index in [9.17, 15) is 13.2 Å². The van der Waals surface area contributed by atoms with Crippen molar-refractivity contribution in [3.05, 3.63) is 63.1 Å². The minimum atomic E-state index is -3.68. The zero-order valence-electron chi connectivity index (χ0n) is 14.4. The summed E-state index contributed by atoms with van der Waals surface area (Å²) in [6, 6.07) is 9.85. The van der Waals surface area contributed by atoms with Crippen molar-refractivity contribution in [1.82, 2.24) is 4.72 Å². The summed E-state index contributed by atoms with van der Waals surface area (Å²) < 4.78 is 32.0. The summed E-state index contributed by atoms with van der Waals surface area (Å²) in [4.78, 5) is 12.0. The number of esters is 1. The fraction of sp³-hybridized carbons (Fsp3) is 0.278. The van der Waals surface area contributed by atoms with Crippen LogP contribution in [0.5, 0.6) is 0 Å². The number of hydrogen-bond acceptors (Lipinski definition) is 4. The molecule has 2 aromatic rings. The molecule has 0 saturated heterocycles. The number of carbonyl (C=O) groups excluding carboxylic acids is 1. The lowest BCUT2D eigenvalue weighted by Gasteiger charge is -2.10. The van der Waals surface area contributed by atoms with Crippen molar-refractivity contribution in [2.75, 3.05) is 6.54 Å². The summed E-state index contributed by atoms with van der Waals surface area (Å²) in [5.41, 5.74) is 2.40. The third kappa shape index (κ3) is 5.45. The molecule has 2 rings (SSSR count). The molecule has 140 valence electrons. The number of carbonyl (C=O) groups is 1. The van der Waals surface area contributed by atoms with Gasteiger partial charge in [0, 0.05) is 22.2 Å². The van der Waals surface area contributed by atoms with E-state index >= 15 is 0 Å². The number of benzene rings is 2. The second kappa shape index (κ2) is 8.86. The summed E-state index contributed by atoms with van der Waals surface area (Å²) in [6.07, 6.45) is -0.105. The van der Waals surface area contributed by atoms with E-state index in [0.29, 0.717) is 15.6 Å². The van der Waals surface area contributed by atoms with E-state index in [1.165, 1.54) is 6.07 Å². The first-order valence-electron chi connectivity index (χ1n) is 7.86. The molecule has 0 atom stereocenters. The third-order valence-corrected chi connectivity index (χ3v) is 6.02. The molecule has 0 bridgehead atoms. The molecule has 0 aliphatic carbocycles. The SMILES string of the molecule is Cc1ccc(S(=O)(=O)NCCC(=O)OCc2c(Cl)cccc2Cl)cc1C. The number of hydrogen-bond donors (Lipinski definition) is 1. The lowest BCUT2D eigenvalue weighted by Crippen LogP contribution is -2.26. The Morgan fingerprint density at radius 2 is 1.73 bits per heavy atom. The summed E-state index contributed by atoms with van der Waals surface area (Å²) in [5, 5.41) is 0.807. The van der Waals surface area contributed by atoms with E-state index in [-0.39, 0.29) is 24.5 Å². The highest BCUT2D eigenvalue weighted by Crippen LogP contribution is 2.25. The molecule has 0 spiro atoms. The van der Waals surface area contributed by atoms with Gasteiger partial charge in [-0.05, 0) is 49.2 Å². The number of aryl methyl sites for hydroxylation is 2. The Labute approximate surface area is 163 Å². The lowest BCUT2D eigenvalue weighted by molar-refractivity contribution is -0.144. The van der Waals surface area contributed by atoms with Crippen LogP contribution >= 0.6 is 23.2 Å². The van der Waals surface area contributed by atoms with Crippen molar-refractivity contribution in [2.24, 2.45) is 0 Å². The number of nitrogens with one attached hydrogen (secondary N) is 1. The maximum Gasteiger partial charge on any atom is 0.307 e. The van der Waals surface area contributed by atoms with Crippen molar-refractivity contribution in [1.29, 1.82) is 0 Å². The number of sulfonamides is 1. The monoisotopic (exact) mass is 415 g/mol. The van der Waals surface area contributed by atoms with Gasteiger partial charge in [0.25, 0.3) is 0 Å². The Bertz CT molecular complexity index is 893. The first-order chi connectivity index (χ1) is 12.2. The molecule has 8 heteroatoms. The van der Waals surface area contributed by atoms with Gasteiger partial charge in [-0.3, -0.25) is 4.79 Å². The van der Waals surface area contributed by atoms with Gasteiger partial charge in [0.05, 0.1) is 11.3 Å². The summed E-state index contributed by atoms with van der Waals surface area (Å²) in [7, 11) is -3.68. The zero-order valence-corrected chi connectivity index (χ0v) is 16.7. The van der Waals surface area contributed by atoms with Crippen molar-refractivity contribution < 1.29 is 17.9 Å². The summed E-state index contributed by atoms with van der Waals surface area (Å²) in [6.45, 7) is 3.61. The zero-order chi connectivity index (χ0) is 19.3. The van der Waals surface area contributed by atoms with Crippen LogP contribution < -0.4 is 4.72 Å². The third-order valence-electron chi connectivity index (χ3n) is 3.85. The molecule has 0 saturated carbocycles. The van der Waals surface area contributed by atoms with E-state index in [1.807, 2.05) is 13.8 Å². The molecule has 2 aromatic carbocycles. The molecular formula is C18H19Cl2NO4S. The largest absolute Gasteiger partial charge is 0.461 e. The van der Waals surface area contributed by atoms with Gasteiger partial charge < -0.3 is 4.74 Å². The topological polar surface area (TPSA) is 72.5 Å². The van der Waals surface area contributed by atoms with Crippen molar-refractivity contribution in [2.45, 2.75) is 31.8 Å². The Kier molecular flexibility index (Phi) is 7.06. The molecule has 0 unspecified atom stereocenters. The van der Waals surface area contributed by atoms with Crippen LogP contribution in [0.15, 0.2) is 41.3 Å². The maximum absolute atomic E-state index is 12.2. The molecule has 0 amide bonds. The average Bonchev–Trinajstić information content (AvgIpc) is 2.56. The molecule has 1 N–H and O–H groups in total. The van der Waals surface area contributed by atoms with Crippen molar-refractivity contribution in [3.8, 4) is 0 Å². The first kappa shape index (κ1) is 20.7. The van der Waals surface area contributed by atoms with E-state index < -0.39 is 16.0 Å². The van der Waals surface area contributed by atoms with E-state index in [1.54, 1.807) is 30.3 Å². The number of halogens is 2. The quantitative estimate of drug-likeness (QED) is 0.692. The minimum absolute atomic E-state index is 0.0651. The van der Waals surface area contributed by atoms with Gasteiger partial charge in [-0.2, -0.15) is 0 Å². The molecule has 0 aromatic heterocycles. The van der Waals surface area contributed by atoms with E-state index in [2.05, 4.69) is 4.72 Å². The van der Waals surface area contributed by atoms with Crippen LogP contribution in [-0.4, -0.2) is 20.9 Å². The summed E-state index contributed by atoms with van der Waals surface area (Å²) >= 11 is 12.0. The Morgan fingerprint density at radius 1 is 1.08 bits per heavy atom. The second-order valence-electron chi connectivity index (χ2n) is 5.75. The van der Waals surface area contributed by atoms with Gasteiger partial charge in [0.1, 0.15) is 6.61 Å². The molecule has 0 aliphatic heterocycles. The van der Waals surface area contributed by atoms with Crippen LogP contribution in [0.25, 0.3) is 0 Å². The van der Waals surface area contributed by atoms with Gasteiger partial charge in [0.2, 0.25) is 10.0 Å². The molecule has 0 fully saturated rings.